The summed E-state index contributed by atoms with van der Waals surface area (Å²) in [5.41, 5.74) is 2.35. The van der Waals surface area contributed by atoms with Crippen LogP contribution in [-0.2, 0) is 4.74 Å². The lowest BCUT2D eigenvalue weighted by Gasteiger charge is -2.24. The van der Waals surface area contributed by atoms with Crippen LogP contribution in [0.4, 0.5) is 10.1 Å². The summed E-state index contributed by atoms with van der Waals surface area (Å²) in [6.07, 6.45) is 2.81. The van der Waals surface area contributed by atoms with Crippen LogP contribution >= 0.6 is 0 Å². The van der Waals surface area contributed by atoms with Gasteiger partial charge in [-0.1, -0.05) is 12.1 Å². The fraction of sp³-hybridized carbons (Fsp3) is 0.190. The number of carbonyl (C=O) groups excluding carboxylic acids is 1. The van der Waals surface area contributed by atoms with Crippen LogP contribution in [0.2, 0.25) is 0 Å². The van der Waals surface area contributed by atoms with Crippen molar-refractivity contribution in [2.45, 2.75) is 6.10 Å². The Labute approximate surface area is 166 Å². The molecule has 0 bridgehead atoms. The number of aromatic nitrogens is 2. The SMILES string of the molecule is N#Cc1ccc(-n2cc(C(=O)Nc3ccc(C4CNCCO4)cc3)cn2)c(F)c1. The summed E-state index contributed by atoms with van der Waals surface area (Å²) in [5, 5.41) is 19.0. The summed E-state index contributed by atoms with van der Waals surface area (Å²) in [4.78, 5) is 12.5. The summed E-state index contributed by atoms with van der Waals surface area (Å²) in [5.74, 6) is -0.942. The molecule has 1 atom stereocenters. The normalized spacial score (nSPS) is 16.2. The van der Waals surface area contributed by atoms with Crippen molar-refractivity contribution in [3.05, 3.63) is 77.4 Å². The second-order valence-corrected chi connectivity index (χ2v) is 6.59. The number of anilines is 1. The van der Waals surface area contributed by atoms with Crippen molar-refractivity contribution in [2.24, 2.45) is 0 Å². The Hall–Kier alpha value is -3.54. The van der Waals surface area contributed by atoms with E-state index < -0.39 is 5.82 Å². The molecule has 1 aliphatic rings. The van der Waals surface area contributed by atoms with Crippen molar-refractivity contribution in [2.75, 3.05) is 25.0 Å². The second-order valence-electron chi connectivity index (χ2n) is 6.59. The van der Waals surface area contributed by atoms with E-state index in [-0.39, 0.29) is 28.8 Å². The summed E-state index contributed by atoms with van der Waals surface area (Å²) in [7, 11) is 0. The van der Waals surface area contributed by atoms with Crippen molar-refractivity contribution in [1.29, 1.82) is 5.26 Å². The molecule has 0 radical (unpaired) electrons. The van der Waals surface area contributed by atoms with Crippen LogP contribution in [0, 0.1) is 17.1 Å². The Balaban J connectivity index is 1.45. The second kappa shape index (κ2) is 8.22. The molecule has 1 fully saturated rings. The minimum Gasteiger partial charge on any atom is -0.371 e. The molecule has 0 spiro atoms. The van der Waals surface area contributed by atoms with Gasteiger partial charge in [0.1, 0.15) is 11.5 Å². The Morgan fingerprint density at radius 1 is 1.31 bits per heavy atom. The van der Waals surface area contributed by atoms with Crippen molar-refractivity contribution in [3.63, 3.8) is 0 Å². The van der Waals surface area contributed by atoms with Gasteiger partial charge in [0.05, 0.1) is 36.1 Å². The maximum Gasteiger partial charge on any atom is 0.258 e. The number of hydrogen-bond acceptors (Lipinski definition) is 5. The van der Waals surface area contributed by atoms with E-state index in [1.54, 1.807) is 0 Å². The molecule has 2 aromatic carbocycles. The average molecular weight is 391 g/mol. The predicted octanol–water partition coefficient (Wildman–Crippen LogP) is 2.80. The molecule has 0 saturated carbocycles. The van der Waals surface area contributed by atoms with E-state index in [2.05, 4.69) is 15.7 Å². The number of nitrogens with zero attached hydrogens (tertiary/aromatic N) is 3. The van der Waals surface area contributed by atoms with Gasteiger partial charge in [0, 0.05) is 25.0 Å². The Kier molecular flexibility index (Phi) is 5.33. The van der Waals surface area contributed by atoms with Crippen molar-refractivity contribution < 1.29 is 13.9 Å². The number of morpholine rings is 1. The quantitative estimate of drug-likeness (QED) is 0.714. The van der Waals surface area contributed by atoms with Gasteiger partial charge in [-0.3, -0.25) is 4.79 Å². The van der Waals surface area contributed by atoms with Crippen LogP contribution in [0.5, 0.6) is 0 Å². The summed E-state index contributed by atoms with van der Waals surface area (Å²) in [6, 6.07) is 13.4. The van der Waals surface area contributed by atoms with E-state index in [4.69, 9.17) is 10.00 Å². The minimum absolute atomic E-state index is 0.00838. The smallest absolute Gasteiger partial charge is 0.258 e. The zero-order valence-electron chi connectivity index (χ0n) is 15.4. The summed E-state index contributed by atoms with van der Waals surface area (Å²) in [6.45, 7) is 2.29. The van der Waals surface area contributed by atoms with Gasteiger partial charge < -0.3 is 15.4 Å². The zero-order valence-corrected chi connectivity index (χ0v) is 15.4. The van der Waals surface area contributed by atoms with E-state index in [1.807, 2.05) is 30.3 Å². The highest BCUT2D eigenvalue weighted by atomic mass is 19.1. The Bertz CT molecular complexity index is 1070. The number of nitrogens with one attached hydrogen (secondary N) is 2. The summed E-state index contributed by atoms with van der Waals surface area (Å²) >= 11 is 0. The lowest BCUT2D eigenvalue weighted by atomic mass is 10.1. The summed E-state index contributed by atoms with van der Waals surface area (Å²) < 4.78 is 21.1. The number of nitriles is 1. The third-order valence-electron chi connectivity index (χ3n) is 4.64. The van der Waals surface area contributed by atoms with Crippen molar-refractivity contribution in [3.8, 4) is 11.8 Å². The van der Waals surface area contributed by atoms with Crippen LogP contribution in [0.3, 0.4) is 0 Å². The highest BCUT2D eigenvalue weighted by molar-refractivity contribution is 6.04. The molecule has 1 amide bonds. The van der Waals surface area contributed by atoms with Crippen LogP contribution in [0.1, 0.15) is 27.6 Å². The van der Waals surface area contributed by atoms with E-state index in [1.165, 1.54) is 29.2 Å². The lowest BCUT2D eigenvalue weighted by molar-refractivity contribution is 0.0277. The number of rotatable bonds is 4. The molecule has 146 valence electrons. The first-order valence-corrected chi connectivity index (χ1v) is 9.12. The first kappa shape index (κ1) is 18.8. The average Bonchev–Trinajstić information content (AvgIpc) is 3.25. The van der Waals surface area contributed by atoms with Gasteiger partial charge in [-0.15, -0.1) is 0 Å². The molecule has 1 unspecified atom stereocenters. The maximum absolute atomic E-state index is 14.1. The monoisotopic (exact) mass is 391 g/mol. The van der Waals surface area contributed by atoms with Crippen LogP contribution in [0.15, 0.2) is 54.9 Å². The number of hydrogen-bond donors (Lipinski definition) is 2. The molecule has 1 aliphatic heterocycles. The van der Waals surface area contributed by atoms with Gasteiger partial charge in [-0.25, -0.2) is 9.07 Å². The standard InChI is InChI=1S/C21H18FN5O2/c22-18-9-14(10-23)1-6-19(18)27-13-16(11-25-27)21(28)26-17-4-2-15(3-5-17)20-12-24-7-8-29-20/h1-6,9,11,13,20,24H,7-8,12H2,(H,26,28). The molecule has 1 aromatic heterocycles. The van der Waals surface area contributed by atoms with Gasteiger partial charge in [-0.05, 0) is 35.9 Å². The molecule has 8 heteroatoms. The van der Waals surface area contributed by atoms with Crippen molar-refractivity contribution in [1.82, 2.24) is 15.1 Å². The van der Waals surface area contributed by atoms with Crippen LogP contribution in [0.25, 0.3) is 5.69 Å². The van der Waals surface area contributed by atoms with Gasteiger partial charge >= 0.3 is 0 Å². The molecule has 29 heavy (non-hydrogen) atoms. The highest BCUT2D eigenvalue weighted by Crippen LogP contribution is 2.21. The molecule has 4 rings (SSSR count). The predicted molar refractivity (Wildman–Crippen MR) is 104 cm³/mol. The Morgan fingerprint density at radius 2 is 2.14 bits per heavy atom. The topological polar surface area (TPSA) is 92.0 Å². The molecular formula is C21H18FN5O2. The Morgan fingerprint density at radius 3 is 2.83 bits per heavy atom. The fourth-order valence-corrected chi connectivity index (χ4v) is 3.10. The highest BCUT2D eigenvalue weighted by Gasteiger charge is 2.16. The van der Waals surface area contributed by atoms with Gasteiger partial charge in [-0.2, -0.15) is 10.4 Å². The number of benzene rings is 2. The van der Waals surface area contributed by atoms with Crippen LogP contribution < -0.4 is 10.6 Å². The molecule has 1 saturated heterocycles. The fourth-order valence-electron chi connectivity index (χ4n) is 3.10. The first-order chi connectivity index (χ1) is 14.1. The zero-order chi connectivity index (χ0) is 20.2. The van der Waals surface area contributed by atoms with Gasteiger partial charge in [0.15, 0.2) is 0 Å². The van der Waals surface area contributed by atoms with E-state index >= 15 is 0 Å². The minimum atomic E-state index is -0.589. The molecule has 3 aromatic rings. The van der Waals surface area contributed by atoms with Crippen LogP contribution in [-0.4, -0.2) is 35.4 Å². The third kappa shape index (κ3) is 4.16. The maximum atomic E-state index is 14.1. The third-order valence-corrected chi connectivity index (χ3v) is 4.64. The molecule has 0 aliphatic carbocycles. The van der Waals surface area contributed by atoms with Gasteiger partial charge in [0.25, 0.3) is 5.91 Å². The number of amides is 1. The van der Waals surface area contributed by atoms with E-state index in [9.17, 15) is 9.18 Å². The first-order valence-electron chi connectivity index (χ1n) is 9.12. The molecule has 2 heterocycles. The largest absolute Gasteiger partial charge is 0.371 e. The molecule has 2 N–H and O–H groups in total. The lowest BCUT2D eigenvalue weighted by Crippen LogP contribution is -2.33. The molecule has 7 nitrogen and oxygen atoms in total. The van der Waals surface area contributed by atoms with E-state index in [0.717, 1.165) is 24.7 Å². The molecular weight excluding hydrogens is 373 g/mol. The number of ether oxygens (including phenoxy) is 1. The number of carbonyl (C=O) groups is 1. The van der Waals surface area contributed by atoms with E-state index in [0.29, 0.717) is 12.3 Å². The number of halogens is 1. The van der Waals surface area contributed by atoms with Crippen molar-refractivity contribution >= 4 is 11.6 Å². The van der Waals surface area contributed by atoms with Gasteiger partial charge in [0.2, 0.25) is 0 Å².